The van der Waals surface area contributed by atoms with Gasteiger partial charge < -0.3 is 9.64 Å². The predicted molar refractivity (Wildman–Crippen MR) is 73.0 cm³/mol. The Balaban J connectivity index is 2.15. The molecule has 106 valence electrons. The van der Waals surface area contributed by atoms with E-state index < -0.39 is 5.60 Å². The summed E-state index contributed by atoms with van der Waals surface area (Å²) in [5.74, 6) is 0. The Bertz CT molecular complexity index is 486. The van der Waals surface area contributed by atoms with Crippen molar-refractivity contribution in [2.45, 2.75) is 59.7 Å². The molecule has 0 saturated carbocycles. The predicted octanol–water partition coefficient (Wildman–Crippen LogP) is 2.50. The maximum absolute atomic E-state index is 12.1. The average Bonchev–Trinajstić information content (AvgIpc) is 2.63. The number of nitrogens with zero attached hydrogens (tertiary/aromatic N) is 3. The Morgan fingerprint density at radius 3 is 2.68 bits per heavy atom. The van der Waals surface area contributed by atoms with E-state index in [-0.39, 0.29) is 6.09 Å². The molecule has 0 fully saturated rings. The third-order valence-electron chi connectivity index (χ3n) is 3.29. The molecule has 0 N–H and O–H groups in total. The zero-order valence-electron chi connectivity index (χ0n) is 12.5. The molecule has 1 aromatic rings. The number of hydrogen-bond acceptors (Lipinski definition) is 3. The summed E-state index contributed by atoms with van der Waals surface area (Å²) in [6.07, 6.45) is 0.625. The van der Waals surface area contributed by atoms with Gasteiger partial charge in [0, 0.05) is 13.1 Å². The van der Waals surface area contributed by atoms with E-state index >= 15 is 0 Å². The Hall–Kier alpha value is -1.52. The zero-order chi connectivity index (χ0) is 14.2. The van der Waals surface area contributed by atoms with Crippen molar-refractivity contribution in [1.29, 1.82) is 0 Å². The van der Waals surface area contributed by atoms with E-state index in [0.717, 1.165) is 24.4 Å². The molecular formula is C14H23N3O2. The van der Waals surface area contributed by atoms with Gasteiger partial charge in [0.25, 0.3) is 0 Å². The number of fused-ring (bicyclic) bond motifs is 1. The summed E-state index contributed by atoms with van der Waals surface area (Å²) in [4.78, 5) is 13.9. The third kappa shape index (κ3) is 2.91. The molecule has 1 aliphatic heterocycles. The van der Waals surface area contributed by atoms with Crippen molar-refractivity contribution >= 4 is 6.09 Å². The molecule has 0 aliphatic carbocycles. The summed E-state index contributed by atoms with van der Waals surface area (Å²) in [5, 5.41) is 4.52. The number of aryl methyl sites for hydroxylation is 2. The van der Waals surface area contributed by atoms with Crippen LogP contribution in [0.1, 0.15) is 44.6 Å². The molecule has 0 radical (unpaired) electrons. The van der Waals surface area contributed by atoms with Gasteiger partial charge in [-0.15, -0.1) is 0 Å². The molecule has 19 heavy (non-hydrogen) atoms. The lowest BCUT2D eigenvalue weighted by Gasteiger charge is -2.30. The SMILES string of the molecule is CCn1nc(C)c2c1CN(C(=O)OC(C)(C)C)CC2. The second-order valence-electron chi connectivity index (χ2n) is 5.98. The molecule has 0 bridgehead atoms. The molecule has 5 heteroatoms. The third-order valence-corrected chi connectivity index (χ3v) is 3.29. The first-order valence-corrected chi connectivity index (χ1v) is 6.85. The van der Waals surface area contributed by atoms with Crippen LogP contribution in [0, 0.1) is 6.92 Å². The molecule has 2 heterocycles. The Labute approximate surface area is 114 Å². The molecular weight excluding hydrogens is 242 g/mol. The molecule has 0 atom stereocenters. The van der Waals surface area contributed by atoms with Crippen LogP contribution in [0.2, 0.25) is 0 Å². The summed E-state index contributed by atoms with van der Waals surface area (Å²) in [6.45, 7) is 11.9. The number of amides is 1. The first-order chi connectivity index (χ1) is 8.81. The quantitative estimate of drug-likeness (QED) is 0.784. The topological polar surface area (TPSA) is 47.4 Å². The molecule has 1 aliphatic rings. The first-order valence-electron chi connectivity index (χ1n) is 6.85. The molecule has 2 rings (SSSR count). The van der Waals surface area contributed by atoms with E-state index in [1.807, 2.05) is 32.4 Å². The highest BCUT2D eigenvalue weighted by Crippen LogP contribution is 2.23. The largest absolute Gasteiger partial charge is 0.444 e. The van der Waals surface area contributed by atoms with Gasteiger partial charge in [-0.2, -0.15) is 5.10 Å². The molecule has 1 amide bonds. The second-order valence-corrected chi connectivity index (χ2v) is 5.98. The summed E-state index contributed by atoms with van der Waals surface area (Å²) in [6, 6.07) is 0. The normalized spacial score (nSPS) is 15.3. The minimum absolute atomic E-state index is 0.236. The Morgan fingerprint density at radius 2 is 2.11 bits per heavy atom. The van der Waals surface area contributed by atoms with Gasteiger partial charge in [0.15, 0.2) is 0 Å². The van der Waals surface area contributed by atoms with Gasteiger partial charge in [-0.3, -0.25) is 4.68 Å². The van der Waals surface area contributed by atoms with E-state index in [2.05, 4.69) is 12.0 Å². The van der Waals surface area contributed by atoms with Gasteiger partial charge in [0.2, 0.25) is 0 Å². The lowest BCUT2D eigenvalue weighted by Crippen LogP contribution is -2.40. The van der Waals surface area contributed by atoms with Gasteiger partial charge >= 0.3 is 6.09 Å². The van der Waals surface area contributed by atoms with Crippen molar-refractivity contribution in [3.05, 3.63) is 17.0 Å². The Morgan fingerprint density at radius 1 is 1.42 bits per heavy atom. The second kappa shape index (κ2) is 4.87. The van der Waals surface area contributed by atoms with Crippen molar-refractivity contribution in [2.24, 2.45) is 0 Å². The van der Waals surface area contributed by atoms with Crippen LogP contribution in [-0.4, -0.2) is 32.9 Å². The zero-order valence-corrected chi connectivity index (χ0v) is 12.5. The number of carbonyl (C=O) groups is 1. The minimum atomic E-state index is -0.446. The minimum Gasteiger partial charge on any atom is -0.444 e. The van der Waals surface area contributed by atoms with Crippen LogP contribution in [-0.2, 0) is 24.2 Å². The van der Waals surface area contributed by atoms with Crippen LogP contribution < -0.4 is 0 Å². The van der Waals surface area contributed by atoms with E-state index in [4.69, 9.17) is 4.74 Å². The van der Waals surface area contributed by atoms with Gasteiger partial charge in [-0.05, 0) is 46.6 Å². The van der Waals surface area contributed by atoms with Crippen molar-refractivity contribution in [2.75, 3.05) is 6.54 Å². The summed E-state index contributed by atoms with van der Waals surface area (Å²) in [7, 11) is 0. The number of rotatable bonds is 1. The highest BCUT2D eigenvalue weighted by atomic mass is 16.6. The molecule has 0 aromatic carbocycles. The van der Waals surface area contributed by atoms with E-state index in [0.29, 0.717) is 13.1 Å². The van der Waals surface area contributed by atoms with Crippen LogP contribution in [0.5, 0.6) is 0 Å². The summed E-state index contributed by atoms with van der Waals surface area (Å²) < 4.78 is 7.42. The molecule has 5 nitrogen and oxygen atoms in total. The average molecular weight is 265 g/mol. The van der Waals surface area contributed by atoms with E-state index in [1.165, 1.54) is 5.56 Å². The van der Waals surface area contributed by atoms with Crippen molar-refractivity contribution in [1.82, 2.24) is 14.7 Å². The fourth-order valence-electron chi connectivity index (χ4n) is 2.42. The number of aromatic nitrogens is 2. The smallest absolute Gasteiger partial charge is 0.410 e. The molecule has 0 spiro atoms. The highest BCUT2D eigenvalue weighted by molar-refractivity contribution is 5.68. The standard InChI is InChI=1S/C14H23N3O2/c1-6-17-12-9-16(13(18)19-14(3,4)5)8-7-11(12)10(2)15-17/h6-9H2,1-5H3. The number of carbonyl (C=O) groups excluding carboxylic acids is 1. The van der Waals surface area contributed by atoms with Gasteiger partial charge in [0.1, 0.15) is 5.60 Å². The molecule has 0 saturated heterocycles. The van der Waals surface area contributed by atoms with Gasteiger partial charge in [-0.25, -0.2) is 4.79 Å². The first kappa shape index (κ1) is 13.9. The van der Waals surface area contributed by atoms with Crippen LogP contribution in [0.3, 0.4) is 0 Å². The molecule has 0 unspecified atom stereocenters. The Kier molecular flexibility index (Phi) is 3.56. The maximum Gasteiger partial charge on any atom is 0.410 e. The van der Waals surface area contributed by atoms with Crippen molar-refractivity contribution in [3.63, 3.8) is 0 Å². The number of hydrogen-bond donors (Lipinski definition) is 0. The van der Waals surface area contributed by atoms with Gasteiger partial charge in [-0.1, -0.05) is 0 Å². The summed E-state index contributed by atoms with van der Waals surface area (Å²) >= 11 is 0. The van der Waals surface area contributed by atoms with Crippen molar-refractivity contribution in [3.8, 4) is 0 Å². The lowest BCUT2D eigenvalue weighted by atomic mass is 10.1. The van der Waals surface area contributed by atoms with Crippen LogP contribution in [0.15, 0.2) is 0 Å². The molecule has 1 aromatic heterocycles. The van der Waals surface area contributed by atoms with Crippen molar-refractivity contribution < 1.29 is 9.53 Å². The van der Waals surface area contributed by atoms with E-state index in [9.17, 15) is 4.79 Å². The monoisotopic (exact) mass is 265 g/mol. The lowest BCUT2D eigenvalue weighted by molar-refractivity contribution is 0.0218. The van der Waals surface area contributed by atoms with Crippen LogP contribution in [0.25, 0.3) is 0 Å². The highest BCUT2D eigenvalue weighted by Gasteiger charge is 2.28. The van der Waals surface area contributed by atoms with E-state index in [1.54, 1.807) is 4.90 Å². The maximum atomic E-state index is 12.1. The van der Waals surface area contributed by atoms with Crippen LogP contribution >= 0.6 is 0 Å². The summed E-state index contributed by atoms with van der Waals surface area (Å²) in [5.41, 5.74) is 3.08. The van der Waals surface area contributed by atoms with Crippen LogP contribution in [0.4, 0.5) is 4.79 Å². The fourth-order valence-corrected chi connectivity index (χ4v) is 2.42. The fraction of sp³-hybridized carbons (Fsp3) is 0.714. The number of ether oxygens (including phenoxy) is 1. The van der Waals surface area contributed by atoms with Gasteiger partial charge in [0.05, 0.1) is 17.9 Å².